The highest BCUT2D eigenvalue weighted by Gasteiger charge is 2.29. The summed E-state index contributed by atoms with van der Waals surface area (Å²) in [5.74, 6) is -0.845. The summed E-state index contributed by atoms with van der Waals surface area (Å²) in [6, 6.07) is 12.8. The molecule has 2 aromatic carbocycles. The van der Waals surface area contributed by atoms with Crippen LogP contribution in [0.3, 0.4) is 0 Å². The molecule has 0 fully saturated rings. The second kappa shape index (κ2) is 14.6. The van der Waals surface area contributed by atoms with E-state index in [-0.39, 0.29) is 50.7 Å². The predicted molar refractivity (Wildman–Crippen MR) is 153 cm³/mol. The summed E-state index contributed by atoms with van der Waals surface area (Å²) in [5, 5.41) is 5.62. The lowest BCUT2D eigenvalue weighted by atomic mass is 10.1. The number of halogens is 3. The molecule has 6 bridgehead atoms. The quantitative estimate of drug-likeness (QED) is 0.358. The molecule has 44 heavy (non-hydrogen) atoms. The van der Waals surface area contributed by atoms with Crippen LogP contribution in [0.2, 0.25) is 0 Å². The number of amides is 2. The maximum atomic E-state index is 12.8. The normalized spacial score (nSPS) is 16.6. The van der Waals surface area contributed by atoms with Gasteiger partial charge in [0.05, 0.1) is 5.75 Å². The van der Waals surface area contributed by atoms with Gasteiger partial charge in [0.1, 0.15) is 18.2 Å². The fourth-order valence-corrected chi connectivity index (χ4v) is 4.76. The third-order valence-corrected chi connectivity index (χ3v) is 7.11. The Kier molecular flexibility index (Phi) is 10.7. The molecule has 0 atom stereocenters. The lowest BCUT2D eigenvalue weighted by molar-refractivity contribution is -0.154. The number of rotatable bonds is 2. The van der Waals surface area contributed by atoms with Crippen molar-refractivity contribution in [1.29, 1.82) is 0 Å². The van der Waals surface area contributed by atoms with Crippen molar-refractivity contribution in [1.82, 2.24) is 25.0 Å². The van der Waals surface area contributed by atoms with E-state index in [0.29, 0.717) is 16.9 Å². The third-order valence-electron chi connectivity index (χ3n) is 5.94. The van der Waals surface area contributed by atoms with Gasteiger partial charge in [-0.2, -0.15) is 28.1 Å². The van der Waals surface area contributed by atoms with Gasteiger partial charge < -0.3 is 20.1 Å². The van der Waals surface area contributed by atoms with Gasteiger partial charge in [0.2, 0.25) is 21.9 Å². The molecule has 234 valence electrons. The van der Waals surface area contributed by atoms with Crippen LogP contribution in [0.1, 0.15) is 40.2 Å². The Labute approximate surface area is 251 Å². The molecule has 0 saturated carbocycles. The molecule has 0 spiro atoms. The number of nitrogens with zero attached hydrogens (tertiary/aromatic N) is 3. The monoisotopic (exact) mass is 634 g/mol. The smallest absolute Gasteiger partial charge is 0.422 e. The van der Waals surface area contributed by atoms with Crippen molar-refractivity contribution in [2.45, 2.75) is 32.0 Å². The molecule has 12 nitrogen and oxygen atoms in total. The van der Waals surface area contributed by atoms with E-state index in [2.05, 4.69) is 25.6 Å². The van der Waals surface area contributed by atoms with Gasteiger partial charge in [-0.3, -0.25) is 14.3 Å². The summed E-state index contributed by atoms with van der Waals surface area (Å²) in [4.78, 5) is 36.9. The van der Waals surface area contributed by atoms with Crippen molar-refractivity contribution in [3.63, 3.8) is 0 Å². The molecule has 0 unspecified atom stereocenters. The molecule has 1 aromatic heterocycles. The number of nitrogens with one attached hydrogen (secondary N) is 3. The van der Waals surface area contributed by atoms with E-state index in [1.54, 1.807) is 48.5 Å². The van der Waals surface area contributed by atoms with Crippen LogP contribution in [0.25, 0.3) is 0 Å². The van der Waals surface area contributed by atoms with Gasteiger partial charge in [-0.05, 0) is 41.8 Å². The van der Waals surface area contributed by atoms with E-state index in [1.165, 1.54) is 12.2 Å². The van der Waals surface area contributed by atoms with E-state index in [0.717, 1.165) is 5.56 Å². The minimum Gasteiger partial charge on any atom is -0.490 e. The minimum absolute atomic E-state index is 0.00826. The highest BCUT2D eigenvalue weighted by Crippen LogP contribution is 2.19. The molecule has 3 aromatic rings. The van der Waals surface area contributed by atoms with Crippen LogP contribution in [0.15, 0.2) is 60.7 Å². The van der Waals surface area contributed by atoms with Gasteiger partial charge in [0, 0.05) is 31.5 Å². The largest absolute Gasteiger partial charge is 0.490 e. The lowest BCUT2D eigenvalue weighted by Gasteiger charge is -2.12. The van der Waals surface area contributed by atoms with Gasteiger partial charge in [0.25, 0.3) is 5.91 Å². The molecule has 0 saturated heterocycles. The van der Waals surface area contributed by atoms with Crippen LogP contribution in [0.5, 0.6) is 11.8 Å². The lowest BCUT2D eigenvalue weighted by Crippen LogP contribution is -2.33. The molecule has 0 aliphatic carbocycles. The molecule has 3 aliphatic heterocycles. The molecular weight excluding hydrogens is 605 g/mol. The Morgan fingerprint density at radius 1 is 0.909 bits per heavy atom. The molecule has 16 heteroatoms. The van der Waals surface area contributed by atoms with Crippen LogP contribution >= 0.6 is 0 Å². The van der Waals surface area contributed by atoms with E-state index < -0.39 is 46.4 Å². The van der Waals surface area contributed by atoms with E-state index in [9.17, 15) is 31.2 Å². The highest BCUT2D eigenvalue weighted by molar-refractivity contribution is 7.90. The zero-order chi connectivity index (χ0) is 31.6. The first kappa shape index (κ1) is 32.2. The Morgan fingerprint density at radius 2 is 1.64 bits per heavy atom. The molecule has 0 radical (unpaired) electrons. The highest BCUT2D eigenvalue weighted by atomic mass is 32.2. The first-order valence-electron chi connectivity index (χ1n) is 13.4. The van der Waals surface area contributed by atoms with E-state index >= 15 is 0 Å². The maximum absolute atomic E-state index is 12.8. The number of hydrogen-bond donors (Lipinski definition) is 3. The van der Waals surface area contributed by atoms with Crippen LogP contribution in [0.4, 0.5) is 19.1 Å². The number of ether oxygens (including phenoxy) is 2. The van der Waals surface area contributed by atoms with Gasteiger partial charge in [-0.25, -0.2) is 8.42 Å². The van der Waals surface area contributed by atoms with Crippen molar-refractivity contribution < 1.29 is 40.7 Å². The van der Waals surface area contributed by atoms with Crippen LogP contribution < -0.4 is 24.8 Å². The van der Waals surface area contributed by atoms with Crippen molar-refractivity contribution in [3.8, 4) is 11.8 Å². The Morgan fingerprint density at radius 3 is 2.36 bits per heavy atom. The predicted octanol–water partition coefficient (Wildman–Crippen LogP) is 2.92. The molecule has 2 amide bonds. The zero-order valence-corrected chi connectivity index (χ0v) is 24.1. The number of carbonyl (C=O) groups excluding carboxylic acids is 2. The average Bonchev–Trinajstić information content (AvgIpc) is 2.97. The van der Waals surface area contributed by atoms with Gasteiger partial charge >= 0.3 is 12.2 Å². The number of anilines is 1. The fourth-order valence-electron chi connectivity index (χ4n) is 3.83. The summed E-state index contributed by atoms with van der Waals surface area (Å²) in [6.45, 7) is -1.14. The summed E-state index contributed by atoms with van der Waals surface area (Å²) < 4.78 is 75.0. The molecule has 6 rings (SSSR count). The number of benzene rings is 2. The Bertz CT molecular complexity index is 1580. The summed E-state index contributed by atoms with van der Waals surface area (Å²) in [6.07, 6.45) is -1.51. The number of aromatic nitrogens is 3. The minimum atomic E-state index is -4.59. The van der Waals surface area contributed by atoms with E-state index in [4.69, 9.17) is 9.47 Å². The fraction of sp³-hybridized carbons (Fsp3) is 0.321. The van der Waals surface area contributed by atoms with Gasteiger partial charge in [-0.15, -0.1) is 0 Å². The second-order valence-corrected chi connectivity index (χ2v) is 11.3. The van der Waals surface area contributed by atoms with Crippen LogP contribution in [-0.2, 0) is 27.8 Å². The van der Waals surface area contributed by atoms with Crippen LogP contribution in [-0.4, -0.2) is 66.9 Å². The van der Waals surface area contributed by atoms with Gasteiger partial charge in [-0.1, -0.05) is 36.4 Å². The molecule has 3 aliphatic rings. The van der Waals surface area contributed by atoms with Crippen LogP contribution in [0, 0.1) is 0 Å². The van der Waals surface area contributed by atoms with Gasteiger partial charge in [0.15, 0.2) is 6.61 Å². The Hall–Kier alpha value is -4.73. The number of carbonyl (C=O) groups is 2. The summed E-state index contributed by atoms with van der Waals surface area (Å²) in [5.41, 5.74) is 1.77. The standard InChI is InChI=1S/C28H29F3N6O6S/c29-28(30,31)18-43-27-35-23-16-19-5-9-21(10-6-19)25(39)32-13-3-4-24(38)37-44(40,41)15-2-1-14-42-22-11-7-20(8-12-22)17-33-26(34-23)36-27/h1-2,5-12H,3-4,13-18H2,(H,32,39)(H,37,38)(H,33,34,35,36). The topological polar surface area (TPSA) is 162 Å². The average molecular weight is 635 g/mol. The first-order valence-corrected chi connectivity index (χ1v) is 15.0. The Balaban J connectivity index is 1.53. The third kappa shape index (κ3) is 10.8. The zero-order valence-electron chi connectivity index (χ0n) is 23.3. The summed E-state index contributed by atoms with van der Waals surface area (Å²) >= 11 is 0. The first-order chi connectivity index (χ1) is 20.9. The van der Waals surface area contributed by atoms with Crippen molar-refractivity contribution in [2.24, 2.45) is 0 Å². The summed E-state index contributed by atoms with van der Waals surface area (Å²) in [7, 11) is -3.88. The van der Waals surface area contributed by atoms with Crippen molar-refractivity contribution in [3.05, 3.63) is 83.2 Å². The SMILES string of the molecule is O=C1CCCNC(=O)c2ccc(cc2)Cc2nc(nc(OCC(F)(F)F)n2)NCc2ccc(cc2)OCC=CCS(=O)(=O)N1. The number of sulfonamides is 1. The molecular formula is C28H29F3N6O6S. The maximum Gasteiger partial charge on any atom is 0.422 e. The van der Waals surface area contributed by atoms with Crippen molar-refractivity contribution >= 4 is 27.8 Å². The second-order valence-electron chi connectivity index (χ2n) is 9.58. The van der Waals surface area contributed by atoms with Crippen molar-refractivity contribution in [2.75, 3.05) is 30.8 Å². The number of hydrogen-bond acceptors (Lipinski definition) is 10. The number of fused-ring (bicyclic) bond motifs is 2. The molecule has 3 N–H and O–H groups in total. The number of alkyl halides is 3. The molecule has 4 heterocycles. The van der Waals surface area contributed by atoms with E-state index in [1.807, 2.05) is 4.72 Å².